The van der Waals surface area contributed by atoms with Gasteiger partial charge in [0.15, 0.2) is 0 Å². The second kappa shape index (κ2) is 8.23. The molecule has 0 radical (unpaired) electrons. The number of amides is 4. The standard InChI is InChI=1S/C13H17ClN4O3/c1-15-13(21)17-12(20)8-18(2)7-11(19)16-10-5-3-9(14)4-6-10/h3-6H,7-8H2,1-2H3,(H,16,19)(H2,15,17,20,21). The van der Waals surface area contributed by atoms with Gasteiger partial charge in [-0.25, -0.2) is 4.79 Å². The summed E-state index contributed by atoms with van der Waals surface area (Å²) < 4.78 is 0. The molecule has 0 saturated heterocycles. The quantitative estimate of drug-likeness (QED) is 0.745. The molecule has 0 heterocycles. The van der Waals surface area contributed by atoms with Crippen molar-refractivity contribution in [3.05, 3.63) is 29.3 Å². The molecule has 0 spiro atoms. The van der Waals surface area contributed by atoms with E-state index in [0.717, 1.165) is 0 Å². The number of benzene rings is 1. The van der Waals surface area contributed by atoms with E-state index >= 15 is 0 Å². The van der Waals surface area contributed by atoms with Gasteiger partial charge in [0.2, 0.25) is 11.8 Å². The Morgan fingerprint density at radius 1 is 1.10 bits per heavy atom. The van der Waals surface area contributed by atoms with E-state index in [1.165, 1.54) is 11.9 Å². The molecule has 1 aromatic rings. The van der Waals surface area contributed by atoms with E-state index in [-0.39, 0.29) is 19.0 Å². The van der Waals surface area contributed by atoms with Crippen LogP contribution in [-0.2, 0) is 9.59 Å². The molecular weight excluding hydrogens is 296 g/mol. The molecule has 0 bridgehead atoms. The summed E-state index contributed by atoms with van der Waals surface area (Å²) in [6.07, 6.45) is 0. The highest BCUT2D eigenvalue weighted by molar-refractivity contribution is 6.30. The van der Waals surface area contributed by atoms with Crippen LogP contribution in [0.2, 0.25) is 5.02 Å². The molecule has 0 fully saturated rings. The maximum atomic E-state index is 11.8. The molecule has 0 atom stereocenters. The summed E-state index contributed by atoms with van der Waals surface area (Å²) in [7, 11) is 3.01. The minimum absolute atomic E-state index is 0.0176. The normalized spacial score (nSPS) is 10.1. The summed E-state index contributed by atoms with van der Waals surface area (Å²) in [5.74, 6) is -0.760. The van der Waals surface area contributed by atoms with Crippen LogP contribution in [0.1, 0.15) is 0 Å². The van der Waals surface area contributed by atoms with Gasteiger partial charge < -0.3 is 10.6 Å². The van der Waals surface area contributed by atoms with E-state index in [1.807, 2.05) is 0 Å². The van der Waals surface area contributed by atoms with Crippen molar-refractivity contribution in [3.63, 3.8) is 0 Å². The number of carbonyl (C=O) groups is 3. The van der Waals surface area contributed by atoms with Crippen molar-refractivity contribution < 1.29 is 14.4 Å². The fraction of sp³-hybridized carbons (Fsp3) is 0.308. The van der Waals surface area contributed by atoms with Gasteiger partial charge in [0.05, 0.1) is 13.1 Å². The van der Waals surface area contributed by atoms with E-state index in [1.54, 1.807) is 31.3 Å². The third-order valence-electron chi connectivity index (χ3n) is 2.44. The first-order valence-corrected chi connectivity index (χ1v) is 6.54. The van der Waals surface area contributed by atoms with Crippen LogP contribution in [0.3, 0.4) is 0 Å². The first kappa shape index (κ1) is 16.9. The summed E-state index contributed by atoms with van der Waals surface area (Å²) in [5.41, 5.74) is 0.618. The number of rotatable bonds is 5. The van der Waals surface area contributed by atoms with Crippen LogP contribution in [0, 0.1) is 0 Å². The number of nitrogens with one attached hydrogen (secondary N) is 3. The average molecular weight is 313 g/mol. The molecule has 0 aliphatic rings. The Hall–Kier alpha value is -2.12. The van der Waals surface area contributed by atoms with Gasteiger partial charge >= 0.3 is 6.03 Å². The Morgan fingerprint density at radius 3 is 2.24 bits per heavy atom. The highest BCUT2D eigenvalue weighted by atomic mass is 35.5. The predicted octanol–water partition coefficient (Wildman–Crippen LogP) is 0.666. The van der Waals surface area contributed by atoms with Crippen molar-refractivity contribution in [1.29, 1.82) is 0 Å². The zero-order valence-electron chi connectivity index (χ0n) is 11.8. The highest BCUT2D eigenvalue weighted by Crippen LogP contribution is 2.13. The van der Waals surface area contributed by atoms with Gasteiger partial charge in [0.25, 0.3) is 0 Å². The van der Waals surface area contributed by atoms with Crippen LogP contribution >= 0.6 is 11.6 Å². The molecule has 4 amide bonds. The average Bonchev–Trinajstić information content (AvgIpc) is 2.40. The molecule has 0 unspecified atom stereocenters. The molecule has 0 aromatic heterocycles. The van der Waals surface area contributed by atoms with Gasteiger partial charge in [-0.1, -0.05) is 11.6 Å². The topological polar surface area (TPSA) is 90.5 Å². The highest BCUT2D eigenvalue weighted by Gasteiger charge is 2.12. The van der Waals surface area contributed by atoms with Crippen LogP contribution < -0.4 is 16.0 Å². The lowest BCUT2D eigenvalue weighted by atomic mass is 10.3. The first-order chi connectivity index (χ1) is 9.90. The lowest BCUT2D eigenvalue weighted by Crippen LogP contribution is -2.44. The Kier molecular flexibility index (Phi) is 6.64. The fourth-order valence-corrected chi connectivity index (χ4v) is 1.63. The van der Waals surface area contributed by atoms with Gasteiger partial charge in [0.1, 0.15) is 0 Å². The third-order valence-corrected chi connectivity index (χ3v) is 2.69. The molecule has 1 aromatic carbocycles. The number of imide groups is 1. The van der Waals surface area contributed by atoms with Gasteiger partial charge in [-0.2, -0.15) is 0 Å². The zero-order chi connectivity index (χ0) is 15.8. The maximum Gasteiger partial charge on any atom is 0.321 e. The number of likely N-dealkylation sites (N-methyl/N-ethyl adjacent to an activating group) is 1. The molecule has 0 aliphatic heterocycles. The van der Waals surface area contributed by atoms with E-state index in [0.29, 0.717) is 10.7 Å². The predicted molar refractivity (Wildman–Crippen MR) is 80.2 cm³/mol. The number of urea groups is 1. The molecule has 21 heavy (non-hydrogen) atoms. The van der Waals surface area contributed by atoms with E-state index < -0.39 is 11.9 Å². The van der Waals surface area contributed by atoms with Crippen LogP contribution in [0.25, 0.3) is 0 Å². The Morgan fingerprint density at radius 2 is 1.67 bits per heavy atom. The molecule has 114 valence electrons. The summed E-state index contributed by atoms with van der Waals surface area (Å²) in [5, 5.41) is 7.63. The molecule has 1 rings (SSSR count). The van der Waals surface area contributed by atoms with E-state index in [4.69, 9.17) is 11.6 Å². The largest absolute Gasteiger partial charge is 0.341 e. The van der Waals surface area contributed by atoms with Crippen LogP contribution in [0.15, 0.2) is 24.3 Å². The van der Waals surface area contributed by atoms with Crippen molar-refractivity contribution in [1.82, 2.24) is 15.5 Å². The van der Waals surface area contributed by atoms with Gasteiger partial charge in [-0.3, -0.25) is 19.8 Å². The Labute approximate surface area is 127 Å². The Bertz CT molecular complexity index is 519. The van der Waals surface area contributed by atoms with Crippen molar-refractivity contribution >= 4 is 35.1 Å². The van der Waals surface area contributed by atoms with Crippen molar-refractivity contribution in [2.75, 3.05) is 32.5 Å². The van der Waals surface area contributed by atoms with Gasteiger partial charge in [0, 0.05) is 17.8 Å². The van der Waals surface area contributed by atoms with Crippen molar-refractivity contribution in [3.8, 4) is 0 Å². The molecule has 3 N–H and O–H groups in total. The van der Waals surface area contributed by atoms with Crippen LogP contribution in [-0.4, -0.2) is 49.9 Å². The number of halogens is 1. The minimum Gasteiger partial charge on any atom is -0.341 e. The number of hydrogen-bond acceptors (Lipinski definition) is 4. The summed E-state index contributed by atoms with van der Waals surface area (Å²) in [4.78, 5) is 35.6. The number of carbonyl (C=O) groups excluding carboxylic acids is 3. The SMILES string of the molecule is CNC(=O)NC(=O)CN(C)CC(=O)Nc1ccc(Cl)cc1. The molecule has 7 nitrogen and oxygen atoms in total. The third kappa shape index (κ3) is 6.73. The van der Waals surface area contributed by atoms with Crippen LogP contribution in [0.4, 0.5) is 10.5 Å². The smallest absolute Gasteiger partial charge is 0.321 e. The summed E-state index contributed by atoms with van der Waals surface area (Å²) >= 11 is 5.75. The number of hydrogen-bond donors (Lipinski definition) is 3. The second-order valence-electron chi connectivity index (χ2n) is 4.35. The van der Waals surface area contributed by atoms with Crippen molar-refractivity contribution in [2.24, 2.45) is 0 Å². The minimum atomic E-state index is -0.584. The number of anilines is 1. The summed E-state index contributed by atoms with van der Waals surface area (Å²) in [6.45, 7) is -0.0503. The van der Waals surface area contributed by atoms with Crippen molar-refractivity contribution in [2.45, 2.75) is 0 Å². The monoisotopic (exact) mass is 312 g/mol. The molecule has 8 heteroatoms. The van der Waals surface area contributed by atoms with Gasteiger partial charge in [-0.05, 0) is 31.3 Å². The lowest BCUT2D eigenvalue weighted by Gasteiger charge is -2.15. The maximum absolute atomic E-state index is 11.8. The second-order valence-corrected chi connectivity index (χ2v) is 4.79. The van der Waals surface area contributed by atoms with Crippen LogP contribution in [0.5, 0.6) is 0 Å². The molecule has 0 saturated carbocycles. The zero-order valence-corrected chi connectivity index (χ0v) is 12.5. The van der Waals surface area contributed by atoms with E-state index in [2.05, 4.69) is 16.0 Å². The first-order valence-electron chi connectivity index (χ1n) is 6.16. The Balaban J connectivity index is 2.38. The van der Waals surface area contributed by atoms with Gasteiger partial charge in [-0.15, -0.1) is 0 Å². The molecular formula is C13H17ClN4O3. The molecule has 0 aliphatic carbocycles. The summed E-state index contributed by atoms with van der Waals surface area (Å²) in [6, 6.07) is 6.10. The lowest BCUT2D eigenvalue weighted by molar-refractivity contribution is -0.122. The fourth-order valence-electron chi connectivity index (χ4n) is 1.51. The number of nitrogens with zero attached hydrogens (tertiary/aromatic N) is 1. The van der Waals surface area contributed by atoms with E-state index in [9.17, 15) is 14.4 Å².